The van der Waals surface area contributed by atoms with Crippen LogP contribution in [0.3, 0.4) is 0 Å². The summed E-state index contributed by atoms with van der Waals surface area (Å²) >= 11 is 0. The summed E-state index contributed by atoms with van der Waals surface area (Å²) in [5, 5.41) is 0. The van der Waals surface area contributed by atoms with E-state index in [1.165, 1.54) is 0 Å². The molecule has 176 valence electrons. The first-order valence-electron chi connectivity index (χ1n) is 11.0. The Hall–Kier alpha value is -3.30. The highest BCUT2D eigenvalue weighted by Gasteiger charge is 2.34. The summed E-state index contributed by atoms with van der Waals surface area (Å²) in [6.45, 7) is 1.98. The molecule has 2 saturated heterocycles. The van der Waals surface area contributed by atoms with E-state index >= 15 is 0 Å². The van der Waals surface area contributed by atoms with Gasteiger partial charge in [-0.2, -0.15) is 0 Å². The van der Waals surface area contributed by atoms with Crippen molar-refractivity contribution in [3.8, 4) is 17.2 Å². The monoisotopic (exact) mass is 454 g/mol. The summed E-state index contributed by atoms with van der Waals surface area (Å²) in [5.74, 6) is 1.87. The molecule has 2 aliphatic heterocycles. The van der Waals surface area contributed by atoms with Crippen molar-refractivity contribution in [2.24, 2.45) is 0 Å². The smallest absolute Gasteiger partial charge is 0.254 e. The largest absolute Gasteiger partial charge is 0.497 e. The number of nitrogens with one attached hydrogen (secondary N) is 2. The average molecular weight is 455 g/mol. The molecule has 2 N–H and O–H groups in total. The molecular weight excluding hydrogens is 424 g/mol. The molecule has 0 aliphatic carbocycles. The molecule has 0 saturated carbocycles. The van der Waals surface area contributed by atoms with Gasteiger partial charge in [0.25, 0.3) is 5.91 Å². The molecule has 2 fully saturated rings. The maximum Gasteiger partial charge on any atom is 0.254 e. The van der Waals surface area contributed by atoms with E-state index in [1.54, 1.807) is 44.4 Å². The molecule has 0 aromatic heterocycles. The molecule has 2 aromatic carbocycles. The molecule has 2 atom stereocenters. The third-order valence-corrected chi connectivity index (χ3v) is 6.23. The minimum absolute atomic E-state index is 0.0525. The number of amides is 2. The Morgan fingerprint density at radius 3 is 2.12 bits per heavy atom. The Morgan fingerprint density at radius 1 is 0.818 bits per heavy atom. The number of hydrazine groups is 1. The highest BCUT2D eigenvalue weighted by molar-refractivity contribution is 5.95. The lowest BCUT2D eigenvalue weighted by molar-refractivity contribution is -0.134. The van der Waals surface area contributed by atoms with Crippen LogP contribution in [-0.4, -0.2) is 75.2 Å². The fourth-order valence-corrected chi connectivity index (χ4v) is 4.28. The zero-order chi connectivity index (χ0) is 23.4. The summed E-state index contributed by atoms with van der Waals surface area (Å²) in [4.78, 5) is 29.6. The third-order valence-electron chi connectivity index (χ3n) is 6.23. The van der Waals surface area contributed by atoms with Crippen molar-refractivity contribution in [1.82, 2.24) is 20.7 Å². The van der Waals surface area contributed by atoms with Crippen LogP contribution in [0.5, 0.6) is 17.2 Å². The number of rotatable bonds is 6. The van der Waals surface area contributed by atoms with Crippen molar-refractivity contribution >= 4 is 11.8 Å². The summed E-state index contributed by atoms with van der Waals surface area (Å²) in [6.07, 6.45) is 0.663. The predicted octanol–water partition coefficient (Wildman–Crippen LogP) is 1.60. The SMILES string of the molecule is COc1ccc(C2CC(C(=O)N3CCN(C(=O)c4ccc(OC)c(OC)c4)CC3)NN2)cc1. The van der Waals surface area contributed by atoms with Crippen molar-refractivity contribution in [1.29, 1.82) is 0 Å². The van der Waals surface area contributed by atoms with Crippen LogP contribution in [0, 0.1) is 0 Å². The molecular formula is C24H30N4O5. The molecule has 9 heteroatoms. The van der Waals surface area contributed by atoms with E-state index in [4.69, 9.17) is 14.2 Å². The van der Waals surface area contributed by atoms with Gasteiger partial charge in [0.2, 0.25) is 5.91 Å². The Balaban J connectivity index is 1.31. The van der Waals surface area contributed by atoms with Crippen LogP contribution in [0.4, 0.5) is 0 Å². The molecule has 2 aromatic rings. The number of carbonyl (C=O) groups is 2. The van der Waals surface area contributed by atoms with Gasteiger partial charge in [0, 0.05) is 37.8 Å². The molecule has 4 rings (SSSR count). The molecule has 2 amide bonds. The van der Waals surface area contributed by atoms with Crippen LogP contribution in [0.2, 0.25) is 0 Å². The van der Waals surface area contributed by atoms with Crippen molar-refractivity contribution < 1.29 is 23.8 Å². The molecule has 9 nitrogen and oxygen atoms in total. The standard InChI is InChI=1S/C24H30N4O5/c1-31-18-7-4-16(5-8-18)19-15-20(26-25-19)24(30)28-12-10-27(11-13-28)23(29)17-6-9-21(32-2)22(14-17)33-3/h4-9,14,19-20,25-26H,10-13,15H2,1-3H3. The van der Waals surface area contributed by atoms with Gasteiger partial charge in [0.1, 0.15) is 11.8 Å². The summed E-state index contributed by atoms with van der Waals surface area (Å²) in [7, 11) is 4.74. The van der Waals surface area contributed by atoms with Gasteiger partial charge in [-0.1, -0.05) is 12.1 Å². The number of methoxy groups -OCH3 is 3. The molecule has 0 radical (unpaired) electrons. The van der Waals surface area contributed by atoms with Gasteiger partial charge >= 0.3 is 0 Å². The lowest BCUT2D eigenvalue weighted by Crippen LogP contribution is -2.54. The number of ether oxygens (including phenoxy) is 3. The van der Waals surface area contributed by atoms with Gasteiger partial charge in [0.15, 0.2) is 11.5 Å². The first kappa shape index (κ1) is 22.9. The molecule has 0 spiro atoms. The van der Waals surface area contributed by atoms with Crippen molar-refractivity contribution in [2.45, 2.75) is 18.5 Å². The quantitative estimate of drug-likeness (QED) is 0.685. The van der Waals surface area contributed by atoms with E-state index in [1.807, 2.05) is 29.2 Å². The van der Waals surface area contributed by atoms with Crippen LogP contribution < -0.4 is 25.1 Å². The molecule has 33 heavy (non-hydrogen) atoms. The fourth-order valence-electron chi connectivity index (χ4n) is 4.28. The molecule has 2 heterocycles. The molecule has 0 bridgehead atoms. The molecule has 2 unspecified atom stereocenters. The van der Waals surface area contributed by atoms with Gasteiger partial charge in [0.05, 0.1) is 21.3 Å². The Kier molecular flexibility index (Phi) is 7.00. The lowest BCUT2D eigenvalue weighted by Gasteiger charge is -2.36. The number of carbonyl (C=O) groups excluding carboxylic acids is 2. The number of hydrogen-bond donors (Lipinski definition) is 2. The number of hydrogen-bond acceptors (Lipinski definition) is 7. The van der Waals surface area contributed by atoms with Crippen LogP contribution in [-0.2, 0) is 4.79 Å². The van der Waals surface area contributed by atoms with Crippen molar-refractivity contribution in [3.63, 3.8) is 0 Å². The Morgan fingerprint density at radius 2 is 1.48 bits per heavy atom. The Labute approximate surface area is 193 Å². The zero-order valence-corrected chi connectivity index (χ0v) is 19.2. The van der Waals surface area contributed by atoms with Crippen molar-refractivity contribution in [2.75, 3.05) is 47.5 Å². The average Bonchev–Trinajstić information content (AvgIpc) is 3.38. The van der Waals surface area contributed by atoms with E-state index in [9.17, 15) is 9.59 Å². The van der Waals surface area contributed by atoms with Crippen LogP contribution in [0.15, 0.2) is 42.5 Å². The highest BCUT2D eigenvalue weighted by atomic mass is 16.5. The molecule has 2 aliphatic rings. The summed E-state index contributed by atoms with van der Waals surface area (Å²) < 4.78 is 15.8. The maximum atomic E-state index is 13.0. The maximum absolute atomic E-state index is 13.0. The predicted molar refractivity (Wildman–Crippen MR) is 122 cm³/mol. The highest BCUT2D eigenvalue weighted by Crippen LogP contribution is 2.28. The van der Waals surface area contributed by atoms with Gasteiger partial charge in [-0.25, -0.2) is 10.9 Å². The third kappa shape index (κ3) is 4.89. The second-order valence-electron chi connectivity index (χ2n) is 8.09. The number of piperazine rings is 1. The zero-order valence-electron chi connectivity index (χ0n) is 19.2. The number of benzene rings is 2. The van der Waals surface area contributed by atoms with Gasteiger partial charge in [-0.05, 0) is 42.3 Å². The number of nitrogens with zero attached hydrogens (tertiary/aromatic N) is 2. The summed E-state index contributed by atoms with van der Waals surface area (Å²) in [5.41, 5.74) is 8.00. The second kappa shape index (κ2) is 10.1. The van der Waals surface area contributed by atoms with Gasteiger partial charge in [-0.15, -0.1) is 0 Å². The second-order valence-corrected chi connectivity index (χ2v) is 8.09. The van der Waals surface area contributed by atoms with Gasteiger partial charge in [-0.3, -0.25) is 9.59 Å². The normalized spacial score (nSPS) is 20.5. The van der Waals surface area contributed by atoms with E-state index in [-0.39, 0.29) is 23.9 Å². The van der Waals surface area contributed by atoms with Crippen LogP contribution in [0.25, 0.3) is 0 Å². The minimum Gasteiger partial charge on any atom is -0.497 e. The lowest BCUT2D eigenvalue weighted by atomic mass is 10.0. The van der Waals surface area contributed by atoms with E-state index in [0.29, 0.717) is 49.7 Å². The first-order valence-corrected chi connectivity index (χ1v) is 11.0. The first-order chi connectivity index (χ1) is 16.0. The van der Waals surface area contributed by atoms with E-state index in [2.05, 4.69) is 10.9 Å². The van der Waals surface area contributed by atoms with Crippen LogP contribution >= 0.6 is 0 Å². The van der Waals surface area contributed by atoms with Gasteiger partial charge < -0.3 is 24.0 Å². The minimum atomic E-state index is -0.301. The Bertz CT molecular complexity index is 989. The fraction of sp³-hybridized carbons (Fsp3) is 0.417. The van der Waals surface area contributed by atoms with Crippen LogP contribution in [0.1, 0.15) is 28.4 Å². The summed E-state index contributed by atoms with van der Waals surface area (Å²) in [6, 6.07) is 12.7. The topological polar surface area (TPSA) is 92.4 Å². The van der Waals surface area contributed by atoms with E-state index < -0.39 is 0 Å². The van der Waals surface area contributed by atoms with Crippen molar-refractivity contribution in [3.05, 3.63) is 53.6 Å². The van der Waals surface area contributed by atoms with E-state index in [0.717, 1.165) is 11.3 Å².